The monoisotopic (exact) mass is 237 g/mol. The van der Waals surface area contributed by atoms with Gasteiger partial charge in [0.15, 0.2) is 0 Å². The first-order valence-corrected chi connectivity index (χ1v) is 6.86. The van der Waals surface area contributed by atoms with E-state index in [0.29, 0.717) is 11.8 Å². The summed E-state index contributed by atoms with van der Waals surface area (Å²) in [7, 11) is 8.36. The zero-order chi connectivity index (χ0) is 12.3. The topological polar surface area (TPSA) is 3.24 Å². The zero-order valence-electron chi connectivity index (χ0n) is 11.1. The van der Waals surface area contributed by atoms with Gasteiger partial charge in [0, 0.05) is 19.5 Å². The number of rotatable bonds is 3. The molecular formula is C13H24BNS. The van der Waals surface area contributed by atoms with Crippen LogP contribution in [0.2, 0.25) is 5.31 Å². The van der Waals surface area contributed by atoms with Crippen LogP contribution in [0.25, 0.3) is 0 Å². The molecule has 3 heteroatoms. The number of thiocarbonyl (C=S) groups is 1. The van der Waals surface area contributed by atoms with E-state index in [4.69, 9.17) is 20.1 Å². The molecule has 1 fully saturated rings. The van der Waals surface area contributed by atoms with Gasteiger partial charge in [0.05, 0.1) is 12.8 Å². The van der Waals surface area contributed by atoms with Gasteiger partial charge in [-0.2, -0.15) is 0 Å². The van der Waals surface area contributed by atoms with E-state index in [0.717, 1.165) is 30.8 Å². The third kappa shape index (κ3) is 3.22. The maximum Gasteiger partial charge on any atom is 0.0810 e. The molecule has 0 aromatic heterocycles. The standard InChI is InChI=1S/C13H24BNS/c1-5-10-9-13(3,14)8-7-11(10)12(16)15(4)6-2/h10-11H,5-9H2,1-4H3. The van der Waals surface area contributed by atoms with E-state index in [9.17, 15) is 0 Å². The average Bonchev–Trinajstić information content (AvgIpc) is 2.25. The molecule has 1 aliphatic carbocycles. The summed E-state index contributed by atoms with van der Waals surface area (Å²) in [5, 5.41) is 0.0254. The lowest BCUT2D eigenvalue weighted by molar-refractivity contribution is 0.235. The van der Waals surface area contributed by atoms with Gasteiger partial charge in [-0.05, 0) is 19.3 Å². The van der Waals surface area contributed by atoms with Gasteiger partial charge in [-0.1, -0.05) is 50.6 Å². The van der Waals surface area contributed by atoms with E-state index in [2.05, 4.69) is 32.7 Å². The molecule has 0 aromatic carbocycles. The maximum atomic E-state index is 6.26. The summed E-state index contributed by atoms with van der Waals surface area (Å²) >= 11 is 5.60. The van der Waals surface area contributed by atoms with Gasteiger partial charge in [-0.3, -0.25) is 0 Å². The fraction of sp³-hybridized carbons (Fsp3) is 0.923. The molecular weight excluding hydrogens is 213 g/mol. The van der Waals surface area contributed by atoms with Gasteiger partial charge in [0.2, 0.25) is 0 Å². The third-order valence-corrected chi connectivity index (χ3v) is 4.63. The Bertz CT molecular complexity index is 252. The Kier molecular flexibility index (Phi) is 4.84. The molecule has 0 bridgehead atoms. The Morgan fingerprint density at radius 2 is 2.12 bits per heavy atom. The summed E-state index contributed by atoms with van der Waals surface area (Å²) in [6, 6.07) is 0. The van der Waals surface area contributed by atoms with Crippen molar-refractivity contribution < 1.29 is 0 Å². The molecule has 3 unspecified atom stereocenters. The van der Waals surface area contributed by atoms with Gasteiger partial charge in [0.25, 0.3) is 0 Å². The van der Waals surface area contributed by atoms with Crippen LogP contribution >= 0.6 is 12.2 Å². The Morgan fingerprint density at radius 3 is 2.62 bits per heavy atom. The van der Waals surface area contributed by atoms with Gasteiger partial charge in [0.1, 0.15) is 0 Å². The summed E-state index contributed by atoms with van der Waals surface area (Å²) in [5.41, 5.74) is 0. The molecule has 1 saturated carbocycles. The fourth-order valence-electron chi connectivity index (χ4n) is 2.76. The molecule has 0 aliphatic heterocycles. The summed E-state index contributed by atoms with van der Waals surface area (Å²) < 4.78 is 0. The van der Waals surface area contributed by atoms with Crippen LogP contribution in [0, 0.1) is 11.8 Å². The molecule has 16 heavy (non-hydrogen) atoms. The van der Waals surface area contributed by atoms with Crippen LogP contribution in [-0.2, 0) is 0 Å². The van der Waals surface area contributed by atoms with Crippen molar-refractivity contribution in [3.63, 3.8) is 0 Å². The molecule has 0 saturated heterocycles. The predicted molar refractivity (Wildman–Crippen MR) is 76.1 cm³/mol. The first kappa shape index (κ1) is 14.0. The summed E-state index contributed by atoms with van der Waals surface area (Å²) in [5.74, 6) is 1.24. The van der Waals surface area contributed by atoms with Crippen LogP contribution in [0.4, 0.5) is 0 Å². The number of hydrogen-bond acceptors (Lipinski definition) is 1. The Balaban J connectivity index is 2.70. The minimum absolute atomic E-state index is 0.0254. The molecule has 0 amide bonds. The van der Waals surface area contributed by atoms with Crippen LogP contribution < -0.4 is 0 Å². The lowest BCUT2D eigenvalue weighted by Gasteiger charge is -2.42. The van der Waals surface area contributed by atoms with E-state index in [-0.39, 0.29) is 5.31 Å². The van der Waals surface area contributed by atoms with Crippen LogP contribution in [0.3, 0.4) is 0 Å². The molecule has 1 nitrogen and oxygen atoms in total. The lowest BCUT2D eigenvalue weighted by atomic mass is 9.56. The van der Waals surface area contributed by atoms with Gasteiger partial charge in [-0.25, -0.2) is 0 Å². The van der Waals surface area contributed by atoms with Crippen molar-refractivity contribution in [1.82, 2.24) is 4.90 Å². The minimum atomic E-state index is 0.0254. The first-order chi connectivity index (χ1) is 7.41. The maximum absolute atomic E-state index is 6.26. The first-order valence-electron chi connectivity index (χ1n) is 6.45. The van der Waals surface area contributed by atoms with Crippen LogP contribution in [0.5, 0.6) is 0 Å². The van der Waals surface area contributed by atoms with Crippen LogP contribution in [-0.4, -0.2) is 31.3 Å². The van der Waals surface area contributed by atoms with Gasteiger partial charge in [-0.15, -0.1) is 0 Å². The molecule has 0 spiro atoms. The second-order valence-corrected chi connectivity index (χ2v) is 5.94. The van der Waals surface area contributed by atoms with E-state index in [1.165, 1.54) is 6.42 Å². The molecule has 0 aromatic rings. The van der Waals surface area contributed by atoms with Crippen molar-refractivity contribution in [3.8, 4) is 0 Å². The average molecular weight is 237 g/mol. The Labute approximate surface area is 107 Å². The van der Waals surface area contributed by atoms with Gasteiger partial charge < -0.3 is 4.90 Å². The molecule has 2 radical (unpaired) electrons. The van der Waals surface area contributed by atoms with Crippen LogP contribution in [0.15, 0.2) is 0 Å². The van der Waals surface area contributed by atoms with Crippen molar-refractivity contribution in [3.05, 3.63) is 0 Å². The predicted octanol–water partition coefficient (Wildman–Crippen LogP) is 3.44. The molecule has 3 atom stereocenters. The summed E-state index contributed by atoms with van der Waals surface area (Å²) in [6.07, 6.45) is 4.57. The highest BCUT2D eigenvalue weighted by atomic mass is 32.1. The number of nitrogens with zero attached hydrogens (tertiary/aromatic N) is 1. The molecule has 1 rings (SSSR count). The van der Waals surface area contributed by atoms with E-state index in [1.54, 1.807) is 0 Å². The Morgan fingerprint density at radius 1 is 1.50 bits per heavy atom. The van der Waals surface area contributed by atoms with E-state index >= 15 is 0 Å². The van der Waals surface area contributed by atoms with E-state index in [1.807, 2.05) is 0 Å². The second-order valence-electron chi connectivity index (χ2n) is 5.52. The highest BCUT2D eigenvalue weighted by Gasteiger charge is 2.36. The largest absolute Gasteiger partial charge is 0.369 e. The number of hydrogen-bond donors (Lipinski definition) is 0. The lowest BCUT2D eigenvalue weighted by Crippen LogP contribution is -2.39. The van der Waals surface area contributed by atoms with Crippen molar-refractivity contribution in [2.75, 3.05) is 13.6 Å². The fourth-order valence-corrected chi connectivity index (χ4v) is 3.20. The van der Waals surface area contributed by atoms with Crippen molar-refractivity contribution >= 4 is 25.1 Å². The molecule has 0 heterocycles. The second kappa shape index (κ2) is 5.53. The van der Waals surface area contributed by atoms with Crippen molar-refractivity contribution in [2.45, 2.75) is 51.8 Å². The quantitative estimate of drug-likeness (QED) is 0.546. The van der Waals surface area contributed by atoms with Crippen molar-refractivity contribution in [1.29, 1.82) is 0 Å². The minimum Gasteiger partial charge on any atom is -0.369 e. The van der Waals surface area contributed by atoms with Crippen LogP contribution in [0.1, 0.15) is 46.5 Å². The zero-order valence-corrected chi connectivity index (χ0v) is 11.9. The molecule has 0 N–H and O–H groups in total. The summed E-state index contributed by atoms with van der Waals surface area (Å²) in [4.78, 5) is 3.35. The highest BCUT2D eigenvalue weighted by Crippen LogP contribution is 2.46. The Hall–Kier alpha value is -0.0451. The highest BCUT2D eigenvalue weighted by molar-refractivity contribution is 7.80. The SMILES string of the molecule is [B]C1(C)CCC(C(=S)N(C)CC)C(CC)C1. The molecule has 1 aliphatic rings. The van der Waals surface area contributed by atoms with Gasteiger partial charge >= 0.3 is 0 Å². The summed E-state index contributed by atoms with van der Waals surface area (Å²) in [6.45, 7) is 7.60. The molecule has 90 valence electrons. The smallest absolute Gasteiger partial charge is 0.0810 e. The normalized spacial score (nSPS) is 34.8. The van der Waals surface area contributed by atoms with Crippen molar-refractivity contribution in [2.24, 2.45) is 11.8 Å². The third-order valence-electron chi connectivity index (χ3n) is 4.02. The van der Waals surface area contributed by atoms with E-state index < -0.39 is 0 Å².